The molecule has 232 valence electrons. The summed E-state index contributed by atoms with van der Waals surface area (Å²) in [6.45, 7) is 5.42. The third-order valence-corrected chi connectivity index (χ3v) is 10.4. The molecular formula is C34H38FN3O5S. The highest BCUT2D eigenvalue weighted by Crippen LogP contribution is 2.38. The molecule has 0 aromatic heterocycles. The van der Waals surface area contributed by atoms with Gasteiger partial charge in [0, 0.05) is 41.6 Å². The maximum absolute atomic E-state index is 15.2. The van der Waals surface area contributed by atoms with Crippen molar-refractivity contribution in [2.45, 2.75) is 37.6 Å². The first-order valence-electron chi connectivity index (χ1n) is 15.3. The van der Waals surface area contributed by atoms with Gasteiger partial charge in [0.05, 0.1) is 6.54 Å². The van der Waals surface area contributed by atoms with E-state index >= 15 is 4.39 Å². The van der Waals surface area contributed by atoms with Gasteiger partial charge < -0.3 is 20.3 Å². The lowest BCUT2D eigenvalue weighted by Gasteiger charge is -2.22. The molecule has 0 bridgehead atoms. The average Bonchev–Trinajstić information content (AvgIpc) is 3.54. The molecule has 44 heavy (non-hydrogen) atoms. The van der Waals surface area contributed by atoms with Crippen LogP contribution in [0.25, 0.3) is 11.1 Å². The fourth-order valence-corrected chi connectivity index (χ4v) is 7.73. The lowest BCUT2D eigenvalue weighted by atomic mass is 10.00. The first kappa shape index (κ1) is 30.3. The zero-order chi connectivity index (χ0) is 31.0. The van der Waals surface area contributed by atoms with Crippen molar-refractivity contribution >= 4 is 21.7 Å². The minimum Gasteiger partial charge on any atom is -0.491 e. The van der Waals surface area contributed by atoms with Crippen LogP contribution in [0, 0.1) is 23.6 Å². The maximum Gasteiger partial charge on any atom is 0.254 e. The average molecular weight is 620 g/mol. The standard InChI is InChI=1S/C34H38FN3O5S/c1-3-28-29(9-11-31(32(28)35)44(2,41)42)34(40)38-12-13-43-30-10-8-24(16-27(30)20-38)22-4-6-23(7-5-22)33(39)37-17-21-14-25-18-36-19-26(25)15-21/h4-11,16,21,25-26,36H,3,12-15,17-20H2,1-2H3,(H,37,39)/t21?,25-,26+. The number of ether oxygens (including phenoxy) is 1. The van der Waals surface area contributed by atoms with E-state index in [0.29, 0.717) is 30.3 Å². The van der Waals surface area contributed by atoms with Crippen LogP contribution in [0.4, 0.5) is 4.39 Å². The summed E-state index contributed by atoms with van der Waals surface area (Å²) < 4.78 is 45.1. The van der Waals surface area contributed by atoms with Gasteiger partial charge in [-0.15, -0.1) is 0 Å². The van der Waals surface area contributed by atoms with E-state index < -0.39 is 20.5 Å². The Morgan fingerprint density at radius 1 is 1.02 bits per heavy atom. The van der Waals surface area contributed by atoms with E-state index in [0.717, 1.165) is 47.9 Å². The van der Waals surface area contributed by atoms with Crippen LogP contribution in [0.15, 0.2) is 59.5 Å². The summed E-state index contributed by atoms with van der Waals surface area (Å²) in [5.41, 5.74) is 3.50. The molecule has 0 radical (unpaired) electrons. The van der Waals surface area contributed by atoms with E-state index in [9.17, 15) is 18.0 Å². The van der Waals surface area contributed by atoms with Crippen molar-refractivity contribution in [3.63, 3.8) is 0 Å². The highest BCUT2D eigenvalue weighted by atomic mass is 32.2. The second-order valence-corrected chi connectivity index (χ2v) is 14.2. The van der Waals surface area contributed by atoms with Crippen molar-refractivity contribution in [1.29, 1.82) is 0 Å². The zero-order valence-corrected chi connectivity index (χ0v) is 25.9. The Morgan fingerprint density at radius 2 is 1.73 bits per heavy atom. The molecule has 1 unspecified atom stereocenters. The second-order valence-electron chi connectivity index (χ2n) is 12.2. The molecule has 2 fully saturated rings. The Kier molecular flexibility index (Phi) is 8.48. The van der Waals surface area contributed by atoms with E-state index in [-0.39, 0.29) is 42.5 Å². The van der Waals surface area contributed by atoms with E-state index in [1.165, 1.54) is 25.0 Å². The van der Waals surface area contributed by atoms with Gasteiger partial charge in [-0.3, -0.25) is 9.59 Å². The number of carbonyl (C=O) groups is 2. The summed E-state index contributed by atoms with van der Waals surface area (Å²) in [6, 6.07) is 15.9. The molecule has 6 rings (SSSR count). The van der Waals surface area contributed by atoms with Crippen LogP contribution in [0.5, 0.6) is 5.75 Å². The monoisotopic (exact) mass is 619 g/mol. The molecule has 0 spiro atoms. The number of nitrogens with zero attached hydrogens (tertiary/aromatic N) is 1. The van der Waals surface area contributed by atoms with Gasteiger partial charge in [-0.05, 0) is 97.6 Å². The number of hydrogen-bond acceptors (Lipinski definition) is 6. The molecule has 2 N–H and O–H groups in total. The normalized spacial score (nSPS) is 21.2. The van der Waals surface area contributed by atoms with Crippen molar-refractivity contribution in [1.82, 2.24) is 15.5 Å². The predicted octanol–water partition coefficient (Wildman–Crippen LogP) is 4.47. The molecule has 1 saturated carbocycles. The third kappa shape index (κ3) is 6.10. The van der Waals surface area contributed by atoms with Gasteiger partial charge in [0.15, 0.2) is 9.84 Å². The van der Waals surface area contributed by atoms with E-state index in [1.54, 1.807) is 11.8 Å². The molecule has 8 nitrogen and oxygen atoms in total. The van der Waals surface area contributed by atoms with Crippen LogP contribution < -0.4 is 15.4 Å². The van der Waals surface area contributed by atoms with Crippen molar-refractivity contribution in [3.8, 4) is 16.9 Å². The van der Waals surface area contributed by atoms with Crippen molar-refractivity contribution < 1.29 is 27.1 Å². The number of carbonyl (C=O) groups excluding carboxylic acids is 2. The van der Waals surface area contributed by atoms with Crippen LogP contribution in [-0.2, 0) is 22.8 Å². The van der Waals surface area contributed by atoms with Gasteiger partial charge >= 0.3 is 0 Å². The Labute approximate surface area is 257 Å². The van der Waals surface area contributed by atoms with Gasteiger partial charge in [-0.2, -0.15) is 0 Å². The van der Waals surface area contributed by atoms with E-state index in [4.69, 9.17) is 4.74 Å². The number of sulfone groups is 1. The molecular weight excluding hydrogens is 581 g/mol. The first-order valence-corrected chi connectivity index (χ1v) is 17.2. The lowest BCUT2D eigenvalue weighted by molar-refractivity contribution is 0.0731. The Balaban J connectivity index is 1.15. The SMILES string of the molecule is CCc1c(C(=O)N2CCOc3ccc(-c4ccc(C(=O)NCC5C[C@H]6CNC[C@H]6C5)cc4)cc3C2)ccc(S(C)(=O)=O)c1F. The Hall–Kier alpha value is -3.76. The quantitative estimate of drug-likeness (QED) is 0.405. The Morgan fingerprint density at radius 3 is 2.41 bits per heavy atom. The van der Waals surface area contributed by atoms with Crippen molar-refractivity contribution in [2.24, 2.45) is 17.8 Å². The predicted molar refractivity (Wildman–Crippen MR) is 166 cm³/mol. The van der Waals surface area contributed by atoms with Crippen LogP contribution in [0.2, 0.25) is 0 Å². The molecule has 2 aliphatic heterocycles. The van der Waals surface area contributed by atoms with E-state index in [2.05, 4.69) is 10.6 Å². The minimum atomic E-state index is -3.77. The molecule has 1 saturated heterocycles. The summed E-state index contributed by atoms with van der Waals surface area (Å²) in [6.07, 6.45) is 3.48. The highest BCUT2D eigenvalue weighted by Gasteiger charge is 2.37. The molecule has 3 atom stereocenters. The number of fused-ring (bicyclic) bond motifs is 2. The van der Waals surface area contributed by atoms with Crippen LogP contribution >= 0.6 is 0 Å². The summed E-state index contributed by atoms with van der Waals surface area (Å²) >= 11 is 0. The first-order chi connectivity index (χ1) is 21.1. The summed E-state index contributed by atoms with van der Waals surface area (Å²) in [4.78, 5) is 27.7. The van der Waals surface area contributed by atoms with Crippen LogP contribution in [0.1, 0.15) is 51.6 Å². The summed E-state index contributed by atoms with van der Waals surface area (Å²) in [5, 5.41) is 6.58. The smallest absolute Gasteiger partial charge is 0.254 e. The molecule has 3 aliphatic rings. The molecule has 10 heteroatoms. The molecule has 2 heterocycles. The number of hydrogen-bond donors (Lipinski definition) is 2. The lowest BCUT2D eigenvalue weighted by Crippen LogP contribution is -2.33. The maximum atomic E-state index is 15.2. The van der Waals surface area contributed by atoms with Gasteiger partial charge in [0.25, 0.3) is 11.8 Å². The molecule has 2 amide bonds. The highest BCUT2D eigenvalue weighted by molar-refractivity contribution is 7.90. The van der Waals surface area contributed by atoms with E-state index in [1.807, 2.05) is 42.5 Å². The van der Waals surface area contributed by atoms with Gasteiger partial charge in [0.1, 0.15) is 23.1 Å². The van der Waals surface area contributed by atoms with Gasteiger partial charge in [-0.25, -0.2) is 12.8 Å². The topological polar surface area (TPSA) is 105 Å². The van der Waals surface area contributed by atoms with Crippen molar-refractivity contribution in [2.75, 3.05) is 39.0 Å². The third-order valence-electron chi connectivity index (χ3n) is 9.30. The number of benzene rings is 3. The molecule has 3 aromatic carbocycles. The minimum absolute atomic E-state index is 0.0660. The molecule has 3 aromatic rings. The zero-order valence-electron chi connectivity index (χ0n) is 25.1. The summed E-state index contributed by atoms with van der Waals surface area (Å²) in [5.74, 6) is 1.39. The van der Waals surface area contributed by atoms with Gasteiger partial charge in [-0.1, -0.05) is 25.1 Å². The second kappa shape index (κ2) is 12.3. The van der Waals surface area contributed by atoms with Crippen LogP contribution in [-0.4, -0.2) is 64.2 Å². The number of halogens is 1. The number of rotatable bonds is 7. The Bertz CT molecular complexity index is 1680. The fraction of sp³-hybridized carbons (Fsp3) is 0.412. The van der Waals surface area contributed by atoms with Crippen LogP contribution in [0.3, 0.4) is 0 Å². The van der Waals surface area contributed by atoms with Crippen molar-refractivity contribution in [3.05, 3.63) is 82.7 Å². The number of amides is 2. The summed E-state index contributed by atoms with van der Waals surface area (Å²) in [7, 11) is -3.77. The fourth-order valence-electron chi connectivity index (χ4n) is 6.96. The largest absolute Gasteiger partial charge is 0.491 e. The van der Waals surface area contributed by atoms with Gasteiger partial charge in [0.2, 0.25) is 0 Å². The number of nitrogens with one attached hydrogen (secondary N) is 2. The molecule has 1 aliphatic carbocycles.